The van der Waals surface area contributed by atoms with Crippen LogP contribution in [-0.2, 0) is 4.74 Å². The lowest BCUT2D eigenvalue weighted by molar-refractivity contribution is 0.111. The van der Waals surface area contributed by atoms with Crippen molar-refractivity contribution in [3.05, 3.63) is 0 Å². The summed E-state index contributed by atoms with van der Waals surface area (Å²) in [6.07, 6.45) is -0.177. The Morgan fingerprint density at radius 1 is 1.44 bits per heavy atom. The summed E-state index contributed by atoms with van der Waals surface area (Å²) in [6, 6.07) is 0. The first kappa shape index (κ1) is 8.89. The topological polar surface area (TPSA) is 9.23 Å². The van der Waals surface area contributed by atoms with Crippen molar-refractivity contribution >= 4 is 0 Å². The van der Waals surface area contributed by atoms with Crippen LogP contribution in [0.25, 0.3) is 0 Å². The molecule has 0 aliphatic carbocycles. The van der Waals surface area contributed by atoms with Gasteiger partial charge in [0.15, 0.2) is 0 Å². The molecule has 0 radical (unpaired) electrons. The second-order valence-corrected chi connectivity index (χ2v) is 2.68. The molecule has 0 aliphatic rings. The molecule has 1 unspecified atom stereocenters. The Balaban J connectivity index is 3.15. The molecule has 0 aromatic carbocycles. The van der Waals surface area contributed by atoms with E-state index in [0.29, 0.717) is 12.3 Å². The Morgan fingerprint density at radius 2 is 2.00 bits per heavy atom. The summed E-state index contributed by atoms with van der Waals surface area (Å²) in [4.78, 5) is 0. The van der Waals surface area contributed by atoms with E-state index in [2.05, 4.69) is 4.74 Å². The van der Waals surface area contributed by atoms with Crippen molar-refractivity contribution in [1.29, 1.82) is 0 Å². The lowest BCUT2D eigenvalue weighted by atomic mass is 10.1. The molecule has 0 amide bonds. The fourth-order valence-electron chi connectivity index (χ4n) is 0.760. The van der Waals surface area contributed by atoms with E-state index in [4.69, 9.17) is 0 Å². The van der Waals surface area contributed by atoms with Gasteiger partial charge in [0, 0.05) is 7.11 Å². The average molecular weight is 134 g/mol. The van der Waals surface area contributed by atoms with E-state index in [1.807, 2.05) is 13.8 Å². The number of ether oxygens (including phenoxy) is 1. The van der Waals surface area contributed by atoms with Gasteiger partial charge in [-0.25, -0.2) is 4.39 Å². The molecule has 0 saturated carbocycles. The molecular weight excluding hydrogens is 119 g/mol. The summed E-state index contributed by atoms with van der Waals surface area (Å²) in [6.45, 7) is 4.24. The minimum atomic E-state index is -0.782. The normalized spacial score (nSPS) is 14.3. The number of halogens is 1. The molecule has 0 rings (SSSR count). The molecule has 0 aromatic heterocycles. The van der Waals surface area contributed by atoms with E-state index in [-0.39, 0.29) is 6.61 Å². The first-order chi connectivity index (χ1) is 4.16. The number of methoxy groups -OCH3 is 1. The largest absolute Gasteiger partial charge is 0.382 e. The van der Waals surface area contributed by atoms with Gasteiger partial charge in [0.05, 0.1) is 6.61 Å². The highest BCUT2D eigenvalue weighted by Crippen LogP contribution is 2.07. The van der Waals surface area contributed by atoms with Crippen molar-refractivity contribution in [2.24, 2.45) is 5.92 Å². The van der Waals surface area contributed by atoms with Gasteiger partial charge >= 0.3 is 0 Å². The summed E-state index contributed by atoms with van der Waals surface area (Å²) in [5, 5.41) is 0. The fraction of sp³-hybridized carbons (Fsp3) is 1.00. The van der Waals surface area contributed by atoms with Crippen LogP contribution in [-0.4, -0.2) is 19.9 Å². The summed E-state index contributed by atoms with van der Waals surface area (Å²) in [7, 11) is 1.52. The van der Waals surface area contributed by atoms with Crippen molar-refractivity contribution in [2.75, 3.05) is 13.7 Å². The van der Waals surface area contributed by atoms with Crippen molar-refractivity contribution < 1.29 is 9.13 Å². The van der Waals surface area contributed by atoms with Crippen LogP contribution in [0.3, 0.4) is 0 Å². The predicted octanol–water partition coefficient (Wildman–Crippen LogP) is 2.02. The van der Waals surface area contributed by atoms with E-state index >= 15 is 0 Å². The van der Waals surface area contributed by atoms with E-state index < -0.39 is 6.17 Å². The van der Waals surface area contributed by atoms with Crippen LogP contribution in [0.2, 0.25) is 0 Å². The molecule has 0 heterocycles. The third-order valence-corrected chi connectivity index (χ3v) is 1.07. The lowest BCUT2D eigenvalue weighted by Crippen LogP contribution is -2.11. The van der Waals surface area contributed by atoms with Crippen LogP contribution in [0.15, 0.2) is 0 Å². The molecule has 0 N–H and O–H groups in total. The van der Waals surface area contributed by atoms with Gasteiger partial charge in [-0.05, 0) is 12.3 Å². The highest BCUT2D eigenvalue weighted by Gasteiger charge is 2.06. The number of rotatable bonds is 4. The number of hydrogen-bond donors (Lipinski definition) is 0. The van der Waals surface area contributed by atoms with Crippen molar-refractivity contribution in [3.63, 3.8) is 0 Å². The van der Waals surface area contributed by atoms with Crippen LogP contribution in [0, 0.1) is 5.92 Å². The molecule has 2 heteroatoms. The second-order valence-electron chi connectivity index (χ2n) is 2.68. The SMILES string of the molecule is COCC(F)CC(C)C. The monoisotopic (exact) mass is 134 g/mol. The van der Waals surface area contributed by atoms with E-state index in [9.17, 15) is 4.39 Å². The van der Waals surface area contributed by atoms with Gasteiger partial charge < -0.3 is 4.74 Å². The van der Waals surface area contributed by atoms with Gasteiger partial charge in [0.25, 0.3) is 0 Å². The van der Waals surface area contributed by atoms with Crippen LogP contribution >= 0.6 is 0 Å². The third kappa shape index (κ3) is 5.77. The molecule has 0 aromatic rings. The molecule has 0 aliphatic heterocycles. The first-order valence-electron chi connectivity index (χ1n) is 3.29. The minimum Gasteiger partial charge on any atom is -0.382 e. The maximum atomic E-state index is 12.5. The molecule has 9 heavy (non-hydrogen) atoms. The Morgan fingerprint density at radius 3 is 2.33 bits per heavy atom. The zero-order chi connectivity index (χ0) is 7.28. The number of alkyl halides is 1. The van der Waals surface area contributed by atoms with Gasteiger partial charge in [-0.15, -0.1) is 0 Å². The Kier molecular flexibility index (Phi) is 4.68. The van der Waals surface area contributed by atoms with Gasteiger partial charge in [0.1, 0.15) is 6.17 Å². The lowest BCUT2D eigenvalue weighted by Gasteiger charge is -2.08. The van der Waals surface area contributed by atoms with Crippen LogP contribution in [0.5, 0.6) is 0 Å². The highest BCUT2D eigenvalue weighted by atomic mass is 19.1. The van der Waals surface area contributed by atoms with E-state index in [1.54, 1.807) is 0 Å². The summed E-state index contributed by atoms with van der Waals surface area (Å²) < 4.78 is 17.2. The molecule has 1 atom stereocenters. The molecule has 0 saturated heterocycles. The summed E-state index contributed by atoms with van der Waals surface area (Å²) in [5.41, 5.74) is 0. The molecular formula is C7H15FO. The zero-order valence-electron chi connectivity index (χ0n) is 6.36. The maximum absolute atomic E-state index is 12.5. The number of hydrogen-bond acceptors (Lipinski definition) is 1. The van der Waals surface area contributed by atoms with Gasteiger partial charge in [0.2, 0.25) is 0 Å². The summed E-state index contributed by atoms with van der Waals surface area (Å²) >= 11 is 0. The van der Waals surface area contributed by atoms with E-state index in [0.717, 1.165) is 0 Å². The minimum absolute atomic E-state index is 0.234. The van der Waals surface area contributed by atoms with E-state index in [1.165, 1.54) is 7.11 Å². The van der Waals surface area contributed by atoms with Crippen LogP contribution < -0.4 is 0 Å². The fourth-order valence-corrected chi connectivity index (χ4v) is 0.760. The molecule has 0 bridgehead atoms. The average Bonchev–Trinajstić information content (AvgIpc) is 1.63. The van der Waals surface area contributed by atoms with Gasteiger partial charge in [-0.3, -0.25) is 0 Å². The van der Waals surface area contributed by atoms with Crippen molar-refractivity contribution in [2.45, 2.75) is 26.4 Å². The zero-order valence-corrected chi connectivity index (χ0v) is 6.36. The predicted molar refractivity (Wildman–Crippen MR) is 36.2 cm³/mol. The van der Waals surface area contributed by atoms with Crippen LogP contribution in [0.4, 0.5) is 4.39 Å². The highest BCUT2D eigenvalue weighted by molar-refractivity contribution is 4.56. The maximum Gasteiger partial charge on any atom is 0.124 e. The smallest absolute Gasteiger partial charge is 0.124 e. The quantitative estimate of drug-likeness (QED) is 0.571. The Hall–Kier alpha value is -0.110. The van der Waals surface area contributed by atoms with Gasteiger partial charge in [-0.1, -0.05) is 13.8 Å². The molecule has 0 fully saturated rings. The third-order valence-electron chi connectivity index (χ3n) is 1.07. The van der Waals surface area contributed by atoms with Crippen molar-refractivity contribution in [1.82, 2.24) is 0 Å². The standard InChI is InChI=1S/C7H15FO/c1-6(2)4-7(8)5-9-3/h6-7H,4-5H2,1-3H3. The molecule has 0 spiro atoms. The van der Waals surface area contributed by atoms with Gasteiger partial charge in [-0.2, -0.15) is 0 Å². The summed E-state index contributed by atoms with van der Waals surface area (Å²) in [5.74, 6) is 0.426. The first-order valence-corrected chi connectivity index (χ1v) is 3.29. The Labute approximate surface area is 56.2 Å². The van der Waals surface area contributed by atoms with Crippen LogP contribution in [0.1, 0.15) is 20.3 Å². The molecule has 1 nitrogen and oxygen atoms in total. The Bertz CT molecular complexity index is 63.9. The second kappa shape index (κ2) is 4.74. The van der Waals surface area contributed by atoms with Crippen molar-refractivity contribution in [3.8, 4) is 0 Å². The molecule has 56 valence electrons.